The van der Waals surface area contributed by atoms with Crippen molar-refractivity contribution >= 4 is 17.6 Å². The van der Waals surface area contributed by atoms with Crippen molar-refractivity contribution < 1.29 is 9.18 Å². The molecule has 6 nitrogen and oxygen atoms in total. The maximum Gasteiger partial charge on any atom is 0.224 e. The molecule has 2 aliphatic rings. The molecule has 7 heteroatoms. The molecule has 0 atom stereocenters. The Hall–Kier alpha value is -2.31. The second-order valence-electron chi connectivity index (χ2n) is 7.02. The van der Waals surface area contributed by atoms with E-state index in [-0.39, 0.29) is 11.7 Å². The summed E-state index contributed by atoms with van der Waals surface area (Å²) in [6.07, 6.45) is 2.86. The van der Waals surface area contributed by atoms with E-state index in [9.17, 15) is 9.18 Å². The van der Waals surface area contributed by atoms with Gasteiger partial charge in [-0.05, 0) is 44.0 Å². The Bertz CT molecular complexity index is 634. The summed E-state index contributed by atoms with van der Waals surface area (Å²) in [7, 11) is 0. The van der Waals surface area contributed by atoms with E-state index < -0.39 is 0 Å². The molecule has 0 bridgehead atoms. The first-order valence-electron chi connectivity index (χ1n) is 9.99. The summed E-state index contributed by atoms with van der Waals surface area (Å²) in [5.41, 5.74) is 1.01. The second-order valence-corrected chi connectivity index (χ2v) is 7.02. The third kappa shape index (κ3) is 5.34. The van der Waals surface area contributed by atoms with Crippen LogP contribution in [0.2, 0.25) is 0 Å². The Morgan fingerprint density at radius 2 is 1.70 bits per heavy atom. The average Bonchev–Trinajstić information content (AvgIpc) is 3.23. The van der Waals surface area contributed by atoms with Gasteiger partial charge in [-0.25, -0.2) is 4.39 Å². The van der Waals surface area contributed by atoms with Crippen molar-refractivity contribution in [3.8, 4) is 0 Å². The number of amides is 1. The number of aliphatic imine (C=N–C) groups is 1. The number of rotatable bonds is 5. The zero-order valence-corrected chi connectivity index (χ0v) is 16.2. The average molecular weight is 375 g/mol. The summed E-state index contributed by atoms with van der Waals surface area (Å²) >= 11 is 0. The van der Waals surface area contributed by atoms with Gasteiger partial charge in [0.2, 0.25) is 5.91 Å². The number of halogens is 1. The van der Waals surface area contributed by atoms with Crippen molar-refractivity contribution in [2.24, 2.45) is 4.99 Å². The highest BCUT2D eigenvalue weighted by Crippen LogP contribution is 2.17. The lowest BCUT2D eigenvalue weighted by Gasteiger charge is -2.36. The van der Waals surface area contributed by atoms with Gasteiger partial charge in [0.15, 0.2) is 5.96 Å². The van der Waals surface area contributed by atoms with E-state index in [4.69, 9.17) is 0 Å². The van der Waals surface area contributed by atoms with Crippen LogP contribution in [0.1, 0.15) is 26.2 Å². The Morgan fingerprint density at radius 1 is 1.04 bits per heavy atom. The largest absolute Gasteiger partial charge is 0.368 e. The summed E-state index contributed by atoms with van der Waals surface area (Å²) in [6.45, 7) is 8.48. The first kappa shape index (κ1) is 19.5. The molecule has 3 rings (SSSR count). The molecule has 148 valence electrons. The standard InChI is InChI=1S/C20H30FN5O/c1-2-22-20(26-11-3-4-12-26)23-10-9-19(27)25-15-13-24(14-16-25)18-7-5-17(21)6-8-18/h5-8H,2-4,9-16H2,1H3,(H,22,23). The number of hydrogen-bond acceptors (Lipinski definition) is 3. The minimum atomic E-state index is -0.223. The summed E-state index contributed by atoms with van der Waals surface area (Å²) in [6, 6.07) is 6.55. The van der Waals surface area contributed by atoms with Gasteiger partial charge in [0.1, 0.15) is 5.82 Å². The van der Waals surface area contributed by atoms with Gasteiger partial charge in [0.25, 0.3) is 0 Å². The number of carbonyl (C=O) groups is 1. The third-order valence-electron chi connectivity index (χ3n) is 5.15. The lowest BCUT2D eigenvalue weighted by Crippen LogP contribution is -2.49. The fraction of sp³-hybridized carbons (Fsp3) is 0.600. The molecule has 27 heavy (non-hydrogen) atoms. The van der Waals surface area contributed by atoms with Crippen LogP contribution < -0.4 is 10.2 Å². The molecule has 2 fully saturated rings. The van der Waals surface area contributed by atoms with Crippen molar-refractivity contribution in [3.63, 3.8) is 0 Å². The van der Waals surface area contributed by atoms with Gasteiger partial charge in [-0.3, -0.25) is 9.79 Å². The molecule has 0 unspecified atom stereocenters. The highest BCUT2D eigenvalue weighted by atomic mass is 19.1. The van der Waals surface area contributed by atoms with Crippen LogP contribution in [0.5, 0.6) is 0 Å². The summed E-state index contributed by atoms with van der Waals surface area (Å²) < 4.78 is 13.1. The summed E-state index contributed by atoms with van der Waals surface area (Å²) in [5.74, 6) is 0.873. The molecule has 1 amide bonds. The Kier molecular flexibility index (Phi) is 6.90. The van der Waals surface area contributed by atoms with Crippen molar-refractivity contribution in [3.05, 3.63) is 30.1 Å². The highest BCUT2D eigenvalue weighted by Gasteiger charge is 2.21. The molecule has 0 spiro atoms. The number of nitrogens with one attached hydrogen (secondary N) is 1. The fourth-order valence-electron chi connectivity index (χ4n) is 3.64. The SMILES string of the molecule is CCNC(=NCCC(=O)N1CCN(c2ccc(F)cc2)CC1)N1CCCC1. The van der Waals surface area contributed by atoms with Crippen LogP contribution in [0.4, 0.5) is 10.1 Å². The topological polar surface area (TPSA) is 51.2 Å². The molecule has 0 aromatic heterocycles. The van der Waals surface area contributed by atoms with Crippen molar-refractivity contribution in [1.82, 2.24) is 15.1 Å². The minimum Gasteiger partial charge on any atom is -0.368 e. The van der Waals surface area contributed by atoms with Crippen LogP contribution in [-0.4, -0.2) is 74.0 Å². The molecule has 0 radical (unpaired) electrons. The second kappa shape index (κ2) is 9.58. The van der Waals surface area contributed by atoms with Crippen molar-refractivity contribution in [2.75, 3.05) is 57.3 Å². The third-order valence-corrected chi connectivity index (χ3v) is 5.15. The number of likely N-dealkylation sites (tertiary alicyclic amines) is 1. The first-order chi connectivity index (χ1) is 13.2. The van der Waals surface area contributed by atoms with Crippen LogP contribution in [0, 0.1) is 5.82 Å². The number of nitrogens with zero attached hydrogens (tertiary/aromatic N) is 4. The van der Waals surface area contributed by atoms with Crippen LogP contribution in [0.25, 0.3) is 0 Å². The number of benzene rings is 1. The predicted octanol–water partition coefficient (Wildman–Crippen LogP) is 1.93. The highest BCUT2D eigenvalue weighted by molar-refractivity contribution is 5.81. The van der Waals surface area contributed by atoms with E-state index in [1.807, 2.05) is 4.90 Å². The Morgan fingerprint density at radius 3 is 2.33 bits per heavy atom. The minimum absolute atomic E-state index is 0.162. The molecular weight excluding hydrogens is 345 g/mol. The van der Waals surface area contributed by atoms with Gasteiger partial charge in [0.05, 0.1) is 6.54 Å². The zero-order chi connectivity index (χ0) is 19.1. The maximum atomic E-state index is 13.1. The number of anilines is 1. The lowest BCUT2D eigenvalue weighted by molar-refractivity contribution is -0.131. The van der Waals surface area contributed by atoms with Crippen LogP contribution >= 0.6 is 0 Å². The van der Waals surface area contributed by atoms with Gasteiger partial charge in [-0.15, -0.1) is 0 Å². The van der Waals surface area contributed by atoms with E-state index in [1.165, 1.54) is 25.0 Å². The molecule has 2 saturated heterocycles. The Balaban J connectivity index is 1.45. The van der Waals surface area contributed by atoms with Crippen LogP contribution in [-0.2, 0) is 4.79 Å². The van der Waals surface area contributed by atoms with Gasteiger partial charge in [-0.2, -0.15) is 0 Å². The molecule has 1 N–H and O–H groups in total. The number of carbonyl (C=O) groups excluding carboxylic acids is 1. The molecule has 2 aliphatic heterocycles. The Labute approximate surface area is 161 Å². The summed E-state index contributed by atoms with van der Waals surface area (Å²) in [5, 5.41) is 3.32. The van der Waals surface area contributed by atoms with E-state index in [2.05, 4.69) is 27.0 Å². The van der Waals surface area contributed by atoms with E-state index in [0.29, 0.717) is 26.1 Å². The van der Waals surface area contributed by atoms with E-state index >= 15 is 0 Å². The van der Waals surface area contributed by atoms with Crippen LogP contribution in [0.3, 0.4) is 0 Å². The zero-order valence-electron chi connectivity index (χ0n) is 16.2. The molecule has 1 aromatic carbocycles. The first-order valence-corrected chi connectivity index (χ1v) is 9.99. The van der Waals surface area contributed by atoms with Crippen molar-refractivity contribution in [2.45, 2.75) is 26.2 Å². The van der Waals surface area contributed by atoms with Crippen molar-refractivity contribution in [1.29, 1.82) is 0 Å². The molecule has 0 saturated carbocycles. The van der Waals surface area contributed by atoms with E-state index in [1.54, 1.807) is 12.1 Å². The normalized spacial score (nSPS) is 18.1. The molecule has 1 aromatic rings. The van der Waals surface area contributed by atoms with Gasteiger partial charge in [-0.1, -0.05) is 0 Å². The number of piperazine rings is 1. The molecule has 0 aliphatic carbocycles. The van der Waals surface area contributed by atoms with Gasteiger partial charge in [0, 0.05) is 57.9 Å². The van der Waals surface area contributed by atoms with E-state index in [0.717, 1.165) is 44.4 Å². The molecular formula is C20H30FN5O. The lowest BCUT2D eigenvalue weighted by atomic mass is 10.2. The monoisotopic (exact) mass is 375 g/mol. The fourth-order valence-corrected chi connectivity index (χ4v) is 3.64. The quantitative estimate of drug-likeness (QED) is 0.631. The predicted molar refractivity (Wildman–Crippen MR) is 107 cm³/mol. The van der Waals surface area contributed by atoms with Gasteiger partial charge < -0.3 is 20.0 Å². The summed E-state index contributed by atoms with van der Waals surface area (Å²) in [4.78, 5) is 23.5. The number of hydrogen-bond donors (Lipinski definition) is 1. The van der Waals surface area contributed by atoms with Crippen LogP contribution in [0.15, 0.2) is 29.3 Å². The smallest absolute Gasteiger partial charge is 0.224 e. The maximum absolute atomic E-state index is 13.1. The number of guanidine groups is 1. The molecule has 2 heterocycles. The van der Waals surface area contributed by atoms with Gasteiger partial charge >= 0.3 is 0 Å².